The van der Waals surface area contributed by atoms with Crippen molar-refractivity contribution in [1.82, 2.24) is 4.90 Å². The highest BCUT2D eigenvalue weighted by atomic mass is 35.5. The molecule has 0 N–H and O–H groups in total. The number of rotatable bonds is 3. The van der Waals surface area contributed by atoms with Crippen LogP contribution in [0.2, 0.25) is 5.02 Å². The molecule has 0 aromatic heterocycles. The zero-order valence-electron chi connectivity index (χ0n) is 17.0. The molecule has 5 heteroatoms. The summed E-state index contributed by atoms with van der Waals surface area (Å²) in [6.45, 7) is 7.80. The molecule has 4 nitrogen and oxygen atoms in total. The molecule has 0 spiro atoms. The molecule has 0 saturated carbocycles. The van der Waals surface area contributed by atoms with E-state index in [1.807, 2.05) is 26.0 Å². The number of carbonyl (C=O) groups excluding carboxylic acids is 2. The van der Waals surface area contributed by atoms with Gasteiger partial charge in [0.15, 0.2) is 0 Å². The second-order valence-electron chi connectivity index (χ2n) is 8.16. The van der Waals surface area contributed by atoms with E-state index in [1.54, 1.807) is 24.3 Å². The van der Waals surface area contributed by atoms with Gasteiger partial charge in [-0.1, -0.05) is 42.3 Å². The quantitative estimate of drug-likeness (QED) is 0.673. The van der Waals surface area contributed by atoms with Crippen molar-refractivity contribution in [3.8, 4) is 0 Å². The van der Waals surface area contributed by atoms with Crippen LogP contribution in [0.25, 0.3) is 5.57 Å². The maximum atomic E-state index is 13.6. The maximum Gasteiger partial charge on any atom is 0.282 e. The molecule has 1 fully saturated rings. The minimum absolute atomic E-state index is 0.249. The summed E-state index contributed by atoms with van der Waals surface area (Å²) in [5.74, 6) is -0.0250. The van der Waals surface area contributed by atoms with Gasteiger partial charge in [-0.05, 0) is 68.0 Å². The maximum absolute atomic E-state index is 13.6. The molecule has 1 unspecified atom stereocenters. The third-order valence-electron chi connectivity index (χ3n) is 5.77. The van der Waals surface area contributed by atoms with Crippen LogP contribution in [0.1, 0.15) is 36.5 Å². The van der Waals surface area contributed by atoms with E-state index in [2.05, 4.69) is 17.9 Å². The van der Waals surface area contributed by atoms with E-state index in [4.69, 9.17) is 11.6 Å². The van der Waals surface area contributed by atoms with E-state index < -0.39 is 0 Å². The first kappa shape index (κ1) is 19.7. The Morgan fingerprint density at radius 2 is 1.72 bits per heavy atom. The molecule has 2 amide bonds. The fraction of sp³-hybridized carbons (Fsp3) is 0.333. The number of likely N-dealkylation sites (tertiary alicyclic amines) is 1. The van der Waals surface area contributed by atoms with E-state index in [1.165, 1.54) is 4.90 Å². The molecule has 2 aliphatic heterocycles. The van der Waals surface area contributed by atoms with Crippen LogP contribution in [0, 0.1) is 19.8 Å². The van der Waals surface area contributed by atoms with Crippen molar-refractivity contribution in [2.75, 3.05) is 18.0 Å². The number of piperidine rings is 1. The van der Waals surface area contributed by atoms with Gasteiger partial charge < -0.3 is 4.90 Å². The summed E-state index contributed by atoms with van der Waals surface area (Å²) in [6.07, 6.45) is 2.17. The summed E-state index contributed by atoms with van der Waals surface area (Å²) in [5, 5.41) is 0.570. The third kappa shape index (κ3) is 3.58. The summed E-state index contributed by atoms with van der Waals surface area (Å²) in [5.41, 5.74) is 4.55. The molecule has 2 aromatic rings. The highest BCUT2D eigenvalue weighted by Crippen LogP contribution is 2.37. The lowest BCUT2D eigenvalue weighted by atomic mass is 9.95. The topological polar surface area (TPSA) is 40.6 Å². The van der Waals surface area contributed by atoms with Gasteiger partial charge in [-0.3, -0.25) is 9.59 Å². The first-order chi connectivity index (χ1) is 13.9. The highest BCUT2D eigenvalue weighted by Gasteiger charge is 2.43. The number of halogens is 1. The molecule has 2 aliphatic rings. The summed E-state index contributed by atoms with van der Waals surface area (Å²) in [4.78, 5) is 30.5. The van der Waals surface area contributed by atoms with Crippen molar-refractivity contribution >= 4 is 34.7 Å². The lowest BCUT2D eigenvalue weighted by Crippen LogP contribution is -2.39. The Balaban J connectivity index is 1.85. The fourth-order valence-corrected chi connectivity index (χ4v) is 4.49. The Bertz CT molecular complexity index is 1010. The molecule has 0 bridgehead atoms. The average Bonchev–Trinajstić information content (AvgIpc) is 2.93. The number of imide groups is 1. The molecule has 4 rings (SSSR count). The number of aryl methyl sites for hydroxylation is 2. The van der Waals surface area contributed by atoms with Crippen molar-refractivity contribution < 1.29 is 9.59 Å². The number of benzene rings is 2. The second-order valence-corrected chi connectivity index (χ2v) is 8.59. The van der Waals surface area contributed by atoms with Crippen LogP contribution < -0.4 is 4.90 Å². The molecule has 2 aromatic carbocycles. The smallest absolute Gasteiger partial charge is 0.282 e. The average molecular weight is 409 g/mol. The number of nitrogens with zero attached hydrogens (tertiary/aromatic N) is 2. The molecule has 0 radical (unpaired) electrons. The Kier molecular flexibility index (Phi) is 5.22. The Morgan fingerprint density at radius 3 is 2.38 bits per heavy atom. The number of anilines is 1. The van der Waals surface area contributed by atoms with Crippen LogP contribution in [0.5, 0.6) is 0 Å². The van der Waals surface area contributed by atoms with E-state index in [0.29, 0.717) is 27.9 Å². The highest BCUT2D eigenvalue weighted by molar-refractivity contribution is 6.45. The fourth-order valence-electron chi connectivity index (χ4n) is 4.37. The molecule has 150 valence electrons. The number of hydrogen-bond donors (Lipinski definition) is 0. The monoisotopic (exact) mass is 408 g/mol. The summed E-state index contributed by atoms with van der Waals surface area (Å²) in [7, 11) is 0. The number of carbonyl (C=O) groups is 2. The first-order valence-corrected chi connectivity index (χ1v) is 10.5. The molecule has 29 heavy (non-hydrogen) atoms. The standard InChI is InChI=1S/C24H25ClN2O2/c1-15-6-11-20(17(3)13-15)21-22(26-12-4-5-16(2)14-26)24(29)27(23(21)28)19-9-7-18(25)8-10-19/h6-11,13,16H,4-5,12,14H2,1-3H3. The van der Waals surface area contributed by atoms with E-state index in [0.717, 1.165) is 42.6 Å². The first-order valence-electron chi connectivity index (χ1n) is 10.1. The van der Waals surface area contributed by atoms with E-state index in [-0.39, 0.29) is 11.8 Å². The van der Waals surface area contributed by atoms with Crippen molar-refractivity contribution in [3.05, 3.63) is 69.9 Å². The van der Waals surface area contributed by atoms with Gasteiger partial charge in [0.1, 0.15) is 5.70 Å². The van der Waals surface area contributed by atoms with Crippen LogP contribution in [-0.2, 0) is 9.59 Å². The van der Waals surface area contributed by atoms with E-state index in [9.17, 15) is 9.59 Å². The lowest BCUT2D eigenvalue weighted by Gasteiger charge is -2.33. The molecule has 1 saturated heterocycles. The minimum atomic E-state index is -0.266. The molecule has 0 aliphatic carbocycles. The zero-order valence-corrected chi connectivity index (χ0v) is 17.8. The van der Waals surface area contributed by atoms with Crippen LogP contribution in [0.15, 0.2) is 48.2 Å². The zero-order chi connectivity index (χ0) is 20.7. The van der Waals surface area contributed by atoms with Crippen LogP contribution in [-0.4, -0.2) is 29.8 Å². The van der Waals surface area contributed by atoms with Gasteiger partial charge in [0.2, 0.25) is 0 Å². The largest absolute Gasteiger partial charge is 0.366 e. The van der Waals surface area contributed by atoms with Crippen LogP contribution in [0.4, 0.5) is 5.69 Å². The van der Waals surface area contributed by atoms with Gasteiger partial charge in [-0.2, -0.15) is 0 Å². The van der Waals surface area contributed by atoms with Gasteiger partial charge in [-0.25, -0.2) is 4.90 Å². The number of amides is 2. The summed E-state index contributed by atoms with van der Waals surface area (Å²) in [6, 6.07) is 12.9. The van der Waals surface area contributed by atoms with Gasteiger partial charge in [0, 0.05) is 18.1 Å². The van der Waals surface area contributed by atoms with Crippen molar-refractivity contribution in [3.63, 3.8) is 0 Å². The van der Waals surface area contributed by atoms with Crippen LogP contribution in [0.3, 0.4) is 0 Å². The molecular weight excluding hydrogens is 384 g/mol. The van der Waals surface area contributed by atoms with Crippen molar-refractivity contribution in [2.45, 2.75) is 33.6 Å². The molecular formula is C24H25ClN2O2. The van der Waals surface area contributed by atoms with Gasteiger partial charge >= 0.3 is 0 Å². The Morgan fingerprint density at radius 1 is 1.00 bits per heavy atom. The summed E-state index contributed by atoms with van der Waals surface area (Å²) < 4.78 is 0. The van der Waals surface area contributed by atoms with Gasteiger partial charge in [-0.15, -0.1) is 0 Å². The predicted molar refractivity (Wildman–Crippen MR) is 117 cm³/mol. The number of hydrogen-bond acceptors (Lipinski definition) is 3. The van der Waals surface area contributed by atoms with Gasteiger partial charge in [0.25, 0.3) is 11.8 Å². The summed E-state index contributed by atoms with van der Waals surface area (Å²) >= 11 is 6.01. The normalized spacial score (nSPS) is 20.1. The third-order valence-corrected chi connectivity index (χ3v) is 6.02. The lowest BCUT2D eigenvalue weighted by molar-refractivity contribution is -0.120. The van der Waals surface area contributed by atoms with Gasteiger partial charge in [0.05, 0.1) is 11.3 Å². The van der Waals surface area contributed by atoms with Crippen molar-refractivity contribution in [1.29, 1.82) is 0 Å². The van der Waals surface area contributed by atoms with Crippen LogP contribution >= 0.6 is 11.6 Å². The van der Waals surface area contributed by atoms with Crippen molar-refractivity contribution in [2.24, 2.45) is 5.92 Å². The molecule has 1 atom stereocenters. The van der Waals surface area contributed by atoms with E-state index >= 15 is 0 Å². The minimum Gasteiger partial charge on any atom is -0.366 e. The Hall–Kier alpha value is -2.59. The second kappa shape index (κ2) is 7.68. The Labute approximate surface area is 176 Å². The predicted octanol–water partition coefficient (Wildman–Crippen LogP) is 4.97. The SMILES string of the molecule is Cc1ccc(C2=C(N3CCCC(C)C3)C(=O)N(c3ccc(Cl)cc3)C2=O)c(C)c1. The molecule has 2 heterocycles.